The number of carbonyl (C=O) groups is 1. The number of aromatic nitrogens is 4. The van der Waals surface area contributed by atoms with Crippen LogP contribution in [0.1, 0.15) is 55.0 Å². The summed E-state index contributed by atoms with van der Waals surface area (Å²) in [5.41, 5.74) is 8.87. The van der Waals surface area contributed by atoms with Crippen LogP contribution in [-0.4, -0.2) is 43.9 Å². The van der Waals surface area contributed by atoms with Gasteiger partial charge in [0.05, 0.1) is 23.1 Å². The van der Waals surface area contributed by atoms with Crippen LogP contribution >= 0.6 is 0 Å². The van der Waals surface area contributed by atoms with Crippen LogP contribution in [0.5, 0.6) is 0 Å². The molecule has 1 atom stereocenters. The second-order valence-corrected chi connectivity index (χ2v) is 7.23. The normalized spacial score (nSPS) is 18.6. The molecule has 0 bridgehead atoms. The summed E-state index contributed by atoms with van der Waals surface area (Å²) in [7, 11) is 0. The van der Waals surface area contributed by atoms with Crippen molar-refractivity contribution in [2.45, 2.75) is 45.6 Å². The maximum atomic E-state index is 12.7. The third-order valence-electron chi connectivity index (χ3n) is 4.33. The van der Waals surface area contributed by atoms with Crippen LogP contribution in [0, 0.1) is 6.92 Å². The Morgan fingerprint density at radius 1 is 1.43 bits per heavy atom. The van der Waals surface area contributed by atoms with Crippen molar-refractivity contribution in [1.82, 2.24) is 24.9 Å². The van der Waals surface area contributed by atoms with Gasteiger partial charge in [-0.3, -0.25) is 14.6 Å². The smallest absolute Gasteiger partial charge is 0.274 e. The largest absolute Gasteiger partial charge is 0.396 e. The van der Waals surface area contributed by atoms with Crippen molar-refractivity contribution in [3.05, 3.63) is 29.3 Å². The number of nitrogens with one attached hydrogen (secondary N) is 1. The summed E-state index contributed by atoms with van der Waals surface area (Å²) < 4.78 is 1.90. The van der Waals surface area contributed by atoms with E-state index in [0.29, 0.717) is 24.5 Å². The predicted molar refractivity (Wildman–Crippen MR) is 88.2 cm³/mol. The zero-order chi connectivity index (χ0) is 16.8. The minimum Gasteiger partial charge on any atom is -0.396 e. The zero-order valence-electron chi connectivity index (χ0n) is 14.1. The van der Waals surface area contributed by atoms with E-state index in [1.165, 1.54) is 0 Å². The molecule has 1 aliphatic heterocycles. The Hall–Kier alpha value is -2.31. The van der Waals surface area contributed by atoms with Crippen LogP contribution in [-0.2, 0) is 5.54 Å². The van der Waals surface area contributed by atoms with E-state index >= 15 is 0 Å². The molecule has 2 aromatic rings. The van der Waals surface area contributed by atoms with Gasteiger partial charge in [-0.2, -0.15) is 10.2 Å². The van der Waals surface area contributed by atoms with Crippen LogP contribution < -0.4 is 5.73 Å². The van der Waals surface area contributed by atoms with Crippen LogP contribution in [0.2, 0.25) is 0 Å². The molecule has 23 heavy (non-hydrogen) atoms. The van der Waals surface area contributed by atoms with E-state index in [-0.39, 0.29) is 17.4 Å². The number of rotatable bonds is 2. The first-order chi connectivity index (χ1) is 10.8. The highest BCUT2D eigenvalue weighted by Gasteiger charge is 2.31. The second kappa shape index (κ2) is 5.40. The summed E-state index contributed by atoms with van der Waals surface area (Å²) in [6.45, 7) is 9.57. The maximum Gasteiger partial charge on any atom is 0.274 e. The molecule has 1 fully saturated rings. The Kier molecular flexibility index (Phi) is 3.66. The lowest BCUT2D eigenvalue weighted by Crippen LogP contribution is -2.30. The quantitative estimate of drug-likeness (QED) is 0.884. The van der Waals surface area contributed by atoms with Crippen molar-refractivity contribution in [2.24, 2.45) is 0 Å². The molecule has 0 aliphatic carbocycles. The van der Waals surface area contributed by atoms with Crippen molar-refractivity contribution < 1.29 is 4.79 Å². The lowest BCUT2D eigenvalue weighted by atomic mass is 10.0. The number of anilines is 1. The summed E-state index contributed by atoms with van der Waals surface area (Å²) in [4.78, 5) is 14.6. The van der Waals surface area contributed by atoms with E-state index in [1.807, 2.05) is 22.6 Å². The Morgan fingerprint density at radius 3 is 2.74 bits per heavy atom. The number of carbonyl (C=O) groups excluding carboxylic acids is 1. The van der Waals surface area contributed by atoms with Gasteiger partial charge in [-0.25, -0.2) is 0 Å². The number of nitrogens with zero attached hydrogens (tertiary/aromatic N) is 4. The molecule has 0 radical (unpaired) electrons. The maximum absolute atomic E-state index is 12.7. The lowest BCUT2D eigenvalue weighted by Gasteiger charge is -2.21. The van der Waals surface area contributed by atoms with Gasteiger partial charge in [0.2, 0.25) is 0 Å². The predicted octanol–water partition coefficient (Wildman–Crippen LogP) is 1.88. The van der Waals surface area contributed by atoms with Crippen molar-refractivity contribution in [2.75, 3.05) is 18.8 Å². The van der Waals surface area contributed by atoms with Crippen LogP contribution in [0.15, 0.2) is 12.3 Å². The monoisotopic (exact) mass is 316 g/mol. The number of amides is 1. The molecule has 1 saturated heterocycles. The number of aryl methyl sites for hydroxylation is 1. The van der Waals surface area contributed by atoms with Gasteiger partial charge < -0.3 is 10.6 Å². The number of nitrogen functional groups attached to an aromatic ring is 1. The van der Waals surface area contributed by atoms with E-state index < -0.39 is 0 Å². The summed E-state index contributed by atoms with van der Waals surface area (Å²) >= 11 is 0. The molecule has 1 amide bonds. The molecule has 0 aromatic carbocycles. The number of aromatic amines is 1. The van der Waals surface area contributed by atoms with Crippen molar-refractivity contribution in [3.63, 3.8) is 0 Å². The van der Waals surface area contributed by atoms with Crippen LogP contribution in [0.4, 0.5) is 5.69 Å². The Balaban J connectivity index is 1.76. The molecule has 1 aliphatic rings. The average Bonchev–Trinajstić information content (AvgIpc) is 3.15. The molecule has 124 valence electrons. The summed E-state index contributed by atoms with van der Waals surface area (Å²) in [5.74, 6) is 0.198. The van der Waals surface area contributed by atoms with E-state index in [1.54, 1.807) is 6.20 Å². The van der Waals surface area contributed by atoms with Gasteiger partial charge in [0.15, 0.2) is 5.69 Å². The Morgan fingerprint density at radius 2 is 2.17 bits per heavy atom. The summed E-state index contributed by atoms with van der Waals surface area (Å²) in [5, 5.41) is 11.4. The molecule has 3 N–H and O–H groups in total. The van der Waals surface area contributed by atoms with Crippen molar-refractivity contribution >= 4 is 11.6 Å². The highest BCUT2D eigenvalue weighted by molar-refractivity contribution is 5.92. The first-order valence-corrected chi connectivity index (χ1v) is 7.92. The molecule has 0 spiro atoms. The number of hydrogen-bond donors (Lipinski definition) is 2. The van der Waals surface area contributed by atoms with Crippen molar-refractivity contribution in [1.29, 1.82) is 0 Å². The minimum absolute atomic E-state index is 0.0170. The van der Waals surface area contributed by atoms with Crippen LogP contribution in [0.3, 0.4) is 0 Å². The Bertz CT molecular complexity index is 723. The van der Waals surface area contributed by atoms with Gasteiger partial charge in [0.1, 0.15) is 0 Å². The molecular weight excluding hydrogens is 292 g/mol. The van der Waals surface area contributed by atoms with Gasteiger partial charge >= 0.3 is 0 Å². The highest BCUT2D eigenvalue weighted by atomic mass is 16.2. The molecule has 3 rings (SSSR count). The summed E-state index contributed by atoms with van der Waals surface area (Å²) in [6, 6.07) is 1.87. The number of nitrogens with two attached hydrogens (primary N) is 1. The van der Waals surface area contributed by atoms with Crippen LogP contribution in [0.25, 0.3) is 0 Å². The van der Waals surface area contributed by atoms with E-state index in [0.717, 1.165) is 17.8 Å². The molecule has 0 saturated carbocycles. The number of H-pyrrole nitrogens is 1. The third-order valence-corrected chi connectivity index (χ3v) is 4.33. The first kappa shape index (κ1) is 15.6. The molecule has 1 unspecified atom stereocenters. The third kappa shape index (κ3) is 2.83. The van der Waals surface area contributed by atoms with E-state index in [2.05, 4.69) is 36.1 Å². The average molecular weight is 316 g/mol. The van der Waals surface area contributed by atoms with E-state index in [9.17, 15) is 4.79 Å². The number of likely N-dealkylation sites (tertiary alicyclic amines) is 1. The topological polar surface area (TPSA) is 92.8 Å². The molecule has 2 aromatic heterocycles. The minimum atomic E-state index is -0.138. The van der Waals surface area contributed by atoms with Crippen molar-refractivity contribution in [3.8, 4) is 0 Å². The fourth-order valence-electron chi connectivity index (χ4n) is 3.23. The number of hydrogen-bond acceptors (Lipinski definition) is 4. The molecule has 7 nitrogen and oxygen atoms in total. The standard InChI is InChI=1S/C16H24N6O/c1-10-7-13(20-22(10)16(2,3)4)15(23)21-6-5-11(9-21)14-12(17)8-18-19-14/h7-8,11H,5-6,9,17H2,1-4H3,(H,18,19). The van der Waals surface area contributed by atoms with Gasteiger partial charge in [0.25, 0.3) is 5.91 Å². The lowest BCUT2D eigenvalue weighted by molar-refractivity contribution is 0.0783. The Labute approximate surface area is 135 Å². The molecule has 3 heterocycles. The van der Waals surface area contributed by atoms with Gasteiger partial charge in [-0.05, 0) is 40.2 Å². The molecular formula is C16H24N6O. The van der Waals surface area contributed by atoms with Gasteiger partial charge in [-0.15, -0.1) is 0 Å². The second-order valence-electron chi connectivity index (χ2n) is 7.23. The summed E-state index contributed by atoms with van der Waals surface area (Å²) in [6.07, 6.45) is 2.51. The fourth-order valence-corrected chi connectivity index (χ4v) is 3.23. The SMILES string of the molecule is Cc1cc(C(=O)N2CCC(c3[nH]ncc3N)C2)nn1C(C)(C)C. The van der Waals surface area contributed by atoms with Gasteiger partial charge in [-0.1, -0.05) is 0 Å². The zero-order valence-corrected chi connectivity index (χ0v) is 14.1. The van der Waals surface area contributed by atoms with E-state index in [4.69, 9.17) is 5.73 Å². The fraction of sp³-hybridized carbons (Fsp3) is 0.562. The van der Waals surface area contributed by atoms with Gasteiger partial charge in [0, 0.05) is 24.7 Å². The highest BCUT2D eigenvalue weighted by Crippen LogP contribution is 2.30. The first-order valence-electron chi connectivity index (χ1n) is 7.92. The molecule has 7 heteroatoms.